The molecule has 0 spiro atoms. The zero-order valence-electron chi connectivity index (χ0n) is 11.7. The van der Waals surface area contributed by atoms with Crippen molar-refractivity contribution in [2.75, 3.05) is 20.6 Å². The Bertz CT molecular complexity index is 334. The van der Waals surface area contributed by atoms with E-state index in [0.717, 1.165) is 24.5 Å². The molecule has 3 nitrogen and oxygen atoms in total. The molecule has 1 rings (SSSR count). The van der Waals surface area contributed by atoms with Crippen molar-refractivity contribution in [3.63, 3.8) is 0 Å². The lowest BCUT2D eigenvalue weighted by atomic mass is 10.0. The van der Waals surface area contributed by atoms with E-state index >= 15 is 0 Å². The summed E-state index contributed by atoms with van der Waals surface area (Å²) < 4.78 is 0. The van der Waals surface area contributed by atoms with Gasteiger partial charge in [-0.3, -0.25) is 4.98 Å². The van der Waals surface area contributed by atoms with Gasteiger partial charge in [0.2, 0.25) is 0 Å². The van der Waals surface area contributed by atoms with Crippen LogP contribution in [0.25, 0.3) is 0 Å². The average Bonchev–Trinajstić information content (AvgIpc) is 2.23. The Balaban J connectivity index is 2.51. The SMILES string of the molecule is Cc1cccc(CNC(CN(C)C)C(C)C)n1. The minimum atomic E-state index is 0.507. The highest BCUT2D eigenvalue weighted by Crippen LogP contribution is 2.05. The van der Waals surface area contributed by atoms with E-state index in [4.69, 9.17) is 0 Å². The van der Waals surface area contributed by atoms with Crippen LogP contribution in [0.2, 0.25) is 0 Å². The largest absolute Gasteiger partial charge is 0.308 e. The fourth-order valence-electron chi connectivity index (χ4n) is 1.84. The predicted octanol–water partition coefficient (Wildman–Crippen LogP) is 2.07. The van der Waals surface area contributed by atoms with Crippen molar-refractivity contribution in [3.8, 4) is 0 Å². The molecule has 0 aliphatic heterocycles. The van der Waals surface area contributed by atoms with E-state index in [-0.39, 0.29) is 0 Å². The fraction of sp³-hybridized carbons (Fsp3) is 0.643. The summed E-state index contributed by atoms with van der Waals surface area (Å²) in [7, 11) is 4.23. The molecule has 0 aromatic carbocycles. The maximum atomic E-state index is 4.51. The quantitative estimate of drug-likeness (QED) is 0.818. The summed E-state index contributed by atoms with van der Waals surface area (Å²) in [5.41, 5.74) is 2.20. The van der Waals surface area contributed by atoms with Crippen LogP contribution >= 0.6 is 0 Å². The van der Waals surface area contributed by atoms with Crippen molar-refractivity contribution in [1.82, 2.24) is 15.2 Å². The summed E-state index contributed by atoms with van der Waals surface area (Å²) in [6.45, 7) is 8.45. The Morgan fingerprint density at radius 3 is 2.53 bits per heavy atom. The standard InChI is InChI=1S/C14H25N3/c1-11(2)14(10-17(4)5)15-9-13-8-6-7-12(3)16-13/h6-8,11,14-15H,9-10H2,1-5H3. The molecule has 0 saturated heterocycles. The highest BCUT2D eigenvalue weighted by atomic mass is 15.1. The van der Waals surface area contributed by atoms with Crippen LogP contribution in [0.3, 0.4) is 0 Å². The van der Waals surface area contributed by atoms with Gasteiger partial charge >= 0.3 is 0 Å². The number of rotatable bonds is 6. The Morgan fingerprint density at radius 1 is 1.29 bits per heavy atom. The third kappa shape index (κ3) is 5.29. The summed E-state index contributed by atoms with van der Waals surface area (Å²) in [5.74, 6) is 0.627. The number of likely N-dealkylation sites (N-methyl/N-ethyl adjacent to an activating group) is 1. The third-order valence-electron chi connectivity index (χ3n) is 2.86. The van der Waals surface area contributed by atoms with Crippen LogP contribution in [0.5, 0.6) is 0 Å². The van der Waals surface area contributed by atoms with Gasteiger partial charge in [0.05, 0.1) is 5.69 Å². The minimum absolute atomic E-state index is 0.507. The van der Waals surface area contributed by atoms with Gasteiger partial charge in [-0.2, -0.15) is 0 Å². The average molecular weight is 235 g/mol. The molecular weight excluding hydrogens is 210 g/mol. The Kier molecular flexibility index (Phi) is 5.59. The molecule has 1 unspecified atom stereocenters. The molecular formula is C14H25N3. The Hall–Kier alpha value is -0.930. The van der Waals surface area contributed by atoms with Crippen LogP contribution in [-0.2, 0) is 6.54 Å². The van der Waals surface area contributed by atoms with Crippen LogP contribution < -0.4 is 5.32 Å². The molecule has 0 saturated carbocycles. The van der Waals surface area contributed by atoms with Crippen LogP contribution in [0.15, 0.2) is 18.2 Å². The molecule has 0 radical (unpaired) electrons. The van der Waals surface area contributed by atoms with Gasteiger partial charge in [0.25, 0.3) is 0 Å². The first-order chi connectivity index (χ1) is 7.99. The molecule has 17 heavy (non-hydrogen) atoms. The number of hydrogen-bond acceptors (Lipinski definition) is 3. The molecule has 0 bridgehead atoms. The minimum Gasteiger partial charge on any atom is -0.308 e. The van der Waals surface area contributed by atoms with Crippen molar-refractivity contribution in [2.45, 2.75) is 33.4 Å². The molecule has 3 heteroatoms. The first-order valence-corrected chi connectivity index (χ1v) is 6.29. The summed E-state index contributed by atoms with van der Waals surface area (Å²) in [6.07, 6.45) is 0. The third-order valence-corrected chi connectivity index (χ3v) is 2.86. The van der Waals surface area contributed by atoms with Crippen LogP contribution in [0, 0.1) is 12.8 Å². The molecule has 0 fully saturated rings. The van der Waals surface area contributed by atoms with Crippen molar-refractivity contribution < 1.29 is 0 Å². The van der Waals surface area contributed by atoms with Crippen molar-refractivity contribution in [3.05, 3.63) is 29.6 Å². The number of aryl methyl sites for hydroxylation is 1. The van der Waals surface area contributed by atoms with Crippen molar-refractivity contribution >= 4 is 0 Å². The number of nitrogens with zero attached hydrogens (tertiary/aromatic N) is 2. The lowest BCUT2D eigenvalue weighted by Crippen LogP contribution is -2.41. The lowest BCUT2D eigenvalue weighted by Gasteiger charge is -2.25. The van der Waals surface area contributed by atoms with Crippen molar-refractivity contribution in [1.29, 1.82) is 0 Å². The van der Waals surface area contributed by atoms with Gasteiger partial charge in [-0.1, -0.05) is 19.9 Å². The highest BCUT2D eigenvalue weighted by Gasteiger charge is 2.13. The van der Waals surface area contributed by atoms with Gasteiger partial charge in [-0.25, -0.2) is 0 Å². The molecule has 0 amide bonds. The molecule has 1 aromatic heterocycles. The van der Waals surface area contributed by atoms with Gasteiger partial charge in [0.15, 0.2) is 0 Å². The predicted molar refractivity (Wildman–Crippen MR) is 73.0 cm³/mol. The number of hydrogen-bond donors (Lipinski definition) is 1. The van der Waals surface area contributed by atoms with E-state index in [1.807, 2.05) is 13.0 Å². The smallest absolute Gasteiger partial charge is 0.0544 e. The van der Waals surface area contributed by atoms with Gasteiger partial charge in [0.1, 0.15) is 0 Å². The normalized spacial score (nSPS) is 13.4. The maximum Gasteiger partial charge on any atom is 0.0544 e. The molecule has 1 N–H and O–H groups in total. The fourth-order valence-corrected chi connectivity index (χ4v) is 1.84. The molecule has 0 aliphatic carbocycles. The number of aromatic nitrogens is 1. The maximum absolute atomic E-state index is 4.51. The van der Waals surface area contributed by atoms with Gasteiger partial charge in [-0.05, 0) is 39.1 Å². The lowest BCUT2D eigenvalue weighted by molar-refractivity contribution is 0.287. The first-order valence-electron chi connectivity index (χ1n) is 6.29. The first kappa shape index (κ1) is 14.1. The number of pyridine rings is 1. The van der Waals surface area contributed by atoms with E-state index in [2.05, 4.69) is 55.3 Å². The van der Waals surface area contributed by atoms with Gasteiger partial charge in [-0.15, -0.1) is 0 Å². The molecule has 1 aromatic rings. The zero-order valence-corrected chi connectivity index (χ0v) is 11.7. The molecule has 1 heterocycles. The second kappa shape index (κ2) is 6.72. The summed E-state index contributed by atoms with van der Waals surface area (Å²) in [4.78, 5) is 6.73. The van der Waals surface area contributed by atoms with Crippen LogP contribution in [0.1, 0.15) is 25.2 Å². The number of nitrogens with one attached hydrogen (secondary N) is 1. The topological polar surface area (TPSA) is 28.2 Å². The van der Waals surface area contributed by atoms with E-state index in [1.54, 1.807) is 0 Å². The second-order valence-corrected chi connectivity index (χ2v) is 5.26. The van der Waals surface area contributed by atoms with E-state index in [1.165, 1.54) is 0 Å². The zero-order chi connectivity index (χ0) is 12.8. The molecule has 96 valence electrons. The highest BCUT2D eigenvalue weighted by molar-refractivity contribution is 5.09. The van der Waals surface area contributed by atoms with Crippen LogP contribution in [0.4, 0.5) is 0 Å². The van der Waals surface area contributed by atoms with Crippen molar-refractivity contribution in [2.24, 2.45) is 5.92 Å². The van der Waals surface area contributed by atoms with E-state index in [9.17, 15) is 0 Å². The summed E-state index contributed by atoms with van der Waals surface area (Å²) in [6, 6.07) is 6.68. The van der Waals surface area contributed by atoms with E-state index in [0.29, 0.717) is 12.0 Å². The monoisotopic (exact) mass is 235 g/mol. The molecule has 0 aliphatic rings. The second-order valence-electron chi connectivity index (χ2n) is 5.26. The Morgan fingerprint density at radius 2 is 2.00 bits per heavy atom. The Labute approximate surface area is 105 Å². The summed E-state index contributed by atoms with van der Waals surface area (Å²) >= 11 is 0. The van der Waals surface area contributed by atoms with Gasteiger partial charge in [0, 0.05) is 24.8 Å². The summed E-state index contributed by atoms with van der Waals surface area (Å²) in [5, 5.41) is 3.59. The van der Waals surface area contributed by atoms with E-state index < -0.39 is 0 Å². The van der Waals surface area contributed by atoms with Crippen LogP contribution in [-0.4, -0.2) is 36.6 Å². The van der Waals surface area contributed by atoms with Gasteiger partial charge < -0.3 is 10.2 Å². The molecule has 1 atom stereocenters.